The lowest BCUT2D eigenvalue weighted by Gasteiger charge is -2.38. The van der Waals surface area contributed by atoms with Crippen molar-refractivity contribution in [2.75, 3.05) is 31.5 Å². The van der Waals surface area contributed by atoms with Crippen molar-refractivity contribution in [3.63, 3.8) is 0 Å². The van der Waals surface area contributed by atoms with Gasteiger partial charge in [0.05, 0.1) is 17.2 Å². The number of rotatable bonds is 7. The summed E-state index contributed by atoms with van der Waals surface area (Å²) >= 11 is 0. The lowest BCUT2D eigenvalue weighted by atomic mass is 9.96. The lowest BCUT2D eigenvalue weighted by molar-refractivity contribution is 0.0110. The van der Waals surface area contributed by atoms with Gasteiger partial charge in [-0.2, -0.15) is 5.10 Å². The minimum absolute atomic E-state index is 0.179. The number of nitrogens with one attached hydrogen (secondary N) is 2. The van der Waals surface area contributed by atoms with Crippen LogP contribution in [0.25, 0.3) is 22.2 Å². The van der Waals surface area contributed by atoms with E-state index < -0.39 is 5.60 Å². The highest BCUT2D eigenvalue weighted by Gasteiger charge is 2.28. The first-order chi connectivity index (χ1) is 19.7. The quantitative estimate of drug-likeness (QED) is 0.280. The summed E-state index contributed by atoms with van der Waals surface area (Å²) in [7, 11) is 0. The molecule has 4 heterocycles. The number of pyridine rings is 1. The molecule has 1 aliphatic carbocycles. The Kier molecular flexibility index (Phi) is 7.25. The molecule has 1 amide bonds. The summed E-state index contributed by atoms with van der Waals surface area (Å²) in [4.78, 5) is 29.3. The number of allylic oxidation sites excluding steroid dienone is 2. The predicted octanol–water partition coefficient (Wildman–Crippen LogP) is 5.75. The number of hydrogen-bond donors (Lipinski definition) is 2. The van der Waals surface area contributed by atoms with E-state index in [0.717, 1.165) is 59.6 Å². The maximum atomic E-state index is 12.4. The van der Waals surface area contributed by atoms with Crippen LogP contribution in [0.15, 0.2) is 61.1 Å². The molecule has 41 heavy (non-hydrogen) atoms. The molecule has 2 aliphatic rings. The zero-order valence-electron chi connectivity index (χ0n) is 24.2. The Morgan fingerprint density at radius 1 is 1.15 bits per heavy atom. The predicted molar refractivity (Wildman–Crippen MR) is 160 cm³/mol. The van der Waals surface area contributed by atoms with Gasteiger partial charge in [0, 0.05) is 56.7 Å². The minimum atomic E-state index is -0.485. The molecular formula is C31H38N8O2. The van der Waals surface area contributed by atoms with Crippen LogP contribution in [0.5, 0.6) is 0 Å². The van der Waals surface area contributed by atoms with Gasteiger partial charge >= 0.3 is 6.09 Å². The minimum Gasteiger partial charge on any atom is -0.444 e. The Hall–Kier alpha value is -4.18. The third-order valence-electron chi connectivity index (χ3n) is 7.74. The normalized spacial score (nSPS) is 18.3. The van der Waals surface area contributed by atoms with Gasteiger partial charge in [0.25, 0.3) is 0 Å². The molecule has 1 saturated heterocycles. The highest BCUT2D eigenvalue weighted by atomic mass is 16.6. The molecule has 6 rings (SSSR count). The Morgan fingerprint density at radius 2 is 1.95 bits per heavy atom. The number of anilines is 2. The number of carbonyl (C=O) groups excluding carboxylic acids is 1. The second-order valence-electron chi connectivity index (χ2n) is 12.0. The van der Waals surface area contributed by atoms with Crippen molar-refractivity contribution in [3.05, 3.63) is 66.6 Å². The lowest BCUT2D eigenvalue weighted by Crippen LogP contribution is -2.50. The first kappa shape index (κ1) is 27.0. The van der Waals surface area contributed by atoms with Gasteiger partial charge in [-0.05, 0) is 75.4 Å². The van der Waals surface area contributed by atoms with E-state index in [-0.39, 0.29) is 12.1 Å². The topological polar surface area (TPSA) is 104 Å². The average molecular weight is 555 g/mol. The van der Waals surface area contributed by atoms with Gasteiger partial charge in [0.15, 0.2) is 0 Å². The zero-order valence-corrected chi connectivity index (χ0v) is 24.2. The summed E-state index contributed by atoms with van der Waals surface area (Å²) in [6.07, 6.45) is 11.2. The molecule has 2 N–H and O–H groups in total. The van der Waals surface area contributed by atoms with Gasteiger partial charge < -0.3 is 19.9 Å². The molecule has 0 bridgehead atoms. The summed E-state index contributed by atoms with van der Waals surface area (Å²) in [6.45, 7) is 11.7. The SMILES string of the molecule is CC(c1ccnc(Nc2nc3ccc(-c4cnn(CC5C=CC5)c4)cc3[nH]2)c1)N1CCN(C(=O)OC(C)(C)C)CC1. The van der Waals surface area contributed by atoms with Crippen molar-refractivity contribution >= 4 is 28.9 Å². The number of ether oxygens (including phenoxy) is 1. The van der Waals surface area contributed by atoms with Crippen molar-refractivity contribution in [2.45, 2.75) is 52.3 Å². The number of benzene rings is 1. The molecular weight excluding hydrogens is 516 g/mol. The zero-order chi connectivity index (χ0) is 28.6. The fraction of sp³-hybridized carbons (Fsp3) is 0.419. The summed E-state index contributed by atoms with van der Waals surface area (Å²) in [5.41, 5.74) is 4.70. The summed E-state index contributed by atoms with van der Waals surface area (Å²) < 4.78 is 7.56. The van der Waals surface area contributed by atoms with E-state index in [2.05, 4.69) is 68.8 Å². The number of fused-ring (bicyclic) bond motifs is 1. The largest absolute Gasteiger partial charge is 0.444 e. The standard InChI is InChI=1S/C31H38N8O2/c1-21(37-12-14-38(15-13-37)30(40)41-31(2,3)4)23-10-11-32-28(17-23)36-29-34-26-9-8-24(16-27(26)35-29)25-18-33-39(20-25)19-22-6-5-7-22/h5-6,8-11,16-18,20-22H,7,12-15,19H2,1-4H3,(H2,32,34,35,36). The highest BCUT2D eigenvalue weighted by molar-refractivity contribution is 5.83. The highest BCUT2D eigenvalue weighted by Crippen LogP contribution is 2.28. The van der Waals surface area contributed by atoms with Crippen LogP contribution in [0.4, 0.5) is 16.6 Å². The van der Waals surface area contributed by atoms with Crippen LogP contribution in [0.2, 0.25) is 0 Å². The molecule has 1 fully saturated rings. The summed E-state index contributed by atoms with van der Waals surface area (Å²) in [5.74, 6) is 1.97. The number of H-pyrrole nitrogens is 1. The third kappa shape index (κ3) is 6.27. The number of aromatic amines is 1. The van der Waals surface area contributed by atoms with Crippen LogP contribution < -0.4 is 5.32 Å². The van der Waals surface area contributed by atoms with Crippen LogP contribution >= 0.6 is 0 Å². The molecule has 214 valence electrons. The van der Waals surface area contributed by atoms with Gasteiger partial charge in [0.1, 0.15) is 11.4 Å². The van der Waals surface area contributed by atoms with Crippen LogP contribution in [0.1, 0.15) is 45.7 Å². The second kappa shape index (κ2) is 11.0. The molecule has 2 atom stereocenters. The molecule has 3 aromatic heterocycles. The van der Waals surface area contributed by atoms with E-state index in [1.807, 2.05) is 50.0 Å². The van der Waals surface area contributed by atoms with Crippen LogP contribution in [0, 0.1) is 5.92 Å². The van der Waals surface area contributed by atoms with Crippen molar-refractivity contribution in [1.29, 1.82) is 0 Å². The van der Waals surface area contributed by atoms with E-state index in [1.165, 1.54) is 0 Å². The average Bonchev–Trinajstić information content (AvgIpc) is 3.56. The van der Waals surface area contributed by atoms with Crippen molar-refractivity contribution in [2.24, 2.45) is 5.92 Å². The van der Waals surface area contributed by atoms with Gasteiger partial charge in [-0.3, -0.25) is 9.58 Å². The van der Waals surface area contributed by atoms with Crippen molar-refractivity contribution in [1.82, 2.24) is 34.5 Å². The molecule has 1 aromatic carbocycles. The van der Waals surface area contributed by atoms with Gasteiger partial charge in [0.2, 0.25) is 5.95 Å². The van der Waals surface area contributed by atoms with E-state index >= 15 is 0 Å². The van der Waals surface area contributed by atoms with E-state index in [4.69, 9.17) is 9.72 Å². The Balaban J connectivity index is 1.09. The molecule has 1 aliphatic heterocycles. The third-order valence-corrected chi connectivity index (χ3v) is 7.74. The number of aromatic nitrogens is 5. The van der Waals surface area contributed by atoms with E-state index in [0.29, 0.717) is 25.0 Å². The number of piperazine rings is 1. The Labute approximate surface area is 240 Å². The molecule has 10 nitrogen and oxygen atoms in total. The van der Waals surface area contributed by atoms with Crippen LogP contribution in [0.3, 0.4) is 0 Å². The van der Waals surface area contributed by atoms with Crippen molar-refractivity contribution in [3.8, 4) is 11.1 Å². The molecule has 4 aromatic rings. The van der Waals surface area contributed by atoms with Crippen LogP contribution in [-0.2, 0) is 11.3 Å². The molecule has 2 unspecified atom stereocenters. The number of imidazole rings is 1. The molecule has 0 spiro atoms. The summed E-state index contributed by atoms with van der Waals surface area (Å²) in [5, 5.41) is 7.89. The number of amides is 1. The molecule has 0 radical (unpaired) electrons. The van der Waals surface area contributed by atoms with Gasteiger partial charge in [-0.1, -0.05) is 18.2 Å². The first-order valence-corrected chi connectivity index (χ1v) is 14.3. The number of nitrogens with zero attached hydrogens (tertiary/aromatic N) is 6. The maximum absolute atomic E-state index is 12.4. The van der Waals surface area contributed by atoms with Crippen molar-refractivity contribution < 1.29 is 9.53 Å². The van der Waals surface area contributed by atoms with Crippen LogP contribution in [-0.4, -0.2) is 72.4 Å². The first-order valence-electron chi connectivity index (χ1n) is 14.3. The number of hydrogen-bond acceptors (Lipinski definition) is 7. The maximum Gasteiger partial charge on any atom is 0.410 e. The molecule has 10 heteroatoms. The number of carbonyl (C=O) groups is 1. The monoisotopic (exact) mass is 554 g/mol. The summed E-state index contributed by atoms with van der Waals surface area (Å²) in [6, 6.07) is 10.5. The van der Waals surface area contributed by atoms with E-state index in [1.54, 1.807) is 4.90 Å². The van der Waals surface area contributed by atoms with E-state index in [9.17, 15) is 4.79 Å². The fourth-order valence-electron chi connectivity index (χ4n) is 5.29. The molecule has 0 saturated carbocycles. The fourth-order valence-corrected chi connectivity index (χ4v) is 5.29. The smallest absolute Gasteiger partial charge is 0.410 e. The van der Waals surface area contributed by atoms with Gasteiger partial charge in [-0.15, -0.1) is 0 Å². The van der Waals surface area contributed by atoms with Gasteiger partial charge in [-0.25, -0.2) is 14.8 Å². The Morgan fingerprint density at radius 3 is 2.68 bits per heavy atom. The Bertz CT molecular complexity index is 1560. The second-order valence-corrected chi connectivity index (χ2v) is 12.0.